The van der Waals surface area contributed by atoms with E-state index in [9.17, 15) is 4.79 Å². The molecule has 0 aromatic rings. The highest BCUT2D eigenvalue weighted by Crippen LogP contribution is 1.97. The van der Waals surface area contributed by atoms with Crippen LogP contribution in [0.3, 0.4) is 0 Å². The Morgan fingerprint density at radius 2 is 2.25 bits per heavy atom. The zero-order chi connectivity index (χ0) is 9.40. The molecule has 0 bridgehead atoms. The van der Waals surface area contributed by atoms with Gasteiger partial charge in [-0.1, -0.05) is 13.3 Å². The average molecular weight is 174 g/mol. The first kappa shape index (κ1) is 11.4. The Morgan fingerprint density at radius 3 is 2.75 bits per heavy atom. The minimum atomic E-state index is -0.141. The summed E-state index contributed by atoms with van der Waals surface area (Å²) < 4.78 is 0. The van der Waals surface area contributed by atoms with E-state index in [1.54, 1.807) is 0 Å². The van der Waals surface area contributed by atoms with E-state index in [1.807, 2.05) is 13.8 Å². The molecule has 0 rings (SSSR count). The molecule has 0 aliphatic carbocycles. The first-order valence-corrected chi connectivity index (χ1v) is 4.36. The van der Waals surface area contributed by atoms with E-state index in [0.717, 1.165) is 12.8 Å². The number of nitrogens with two attached hydrogens (primary N) is 1. The summed E-state index contributed by atoms with van der Waals surface area (Å²) in [6.07, 6.45) is 2.22. The Hall–Kier alpha value is -0.610. The van der Waals surface area contributed by atoms with Crippen LogP contribution in [0.25, 0.3) is 0 Å². The monoisotopic (exact) mass is 174 g/mol. The lowest BCUT2D eigenvalue weighted by Crippen LogP contribution is -2.31. The average Bonchev–Trinajstić information content (AvgIpc) is 2.01. The van der Waals surface area contributed by atoms with Gasteiger partial charge in [0.2, 0.25) is 5.91 Å². The van der Waals surface area contributed by atoms with Crippen LogP contribution in [0.2, 0.25) is 0 Å². The summed E-state index contributed by atoms with van der Waals surface area (Å²) in [5.41, 5.74) is 7.94. The predicted molar refractivity (Wildman–Crippen MR) is 47.3 cm³/mol. The number of nitrogens with one attached hydrogen (secondary N) is 1. The predicted octanol–water partition coefficient (Wildman–Crippen LogP) is 0.572. The van der Waals surface area contributed by atoms with Gasteiger partial charge in [0.1, 0.15) is 0 Å². The second-order valence-electron chi connectivity index (χ2n) is 2.71. The summed E-state index contributed by atoms with van der Waals surface area (Å²) in [6, 6.07) is -0.0459. The molecule has 0 spiro atoms. The normalized spacial score (nSPS) is 12.6. The zero-order valence-corrected chi connectivity index (χ0v) is 7.80. The molecule has 1 unspecified atom stereocenters. The highest BCUT2D eigenvalue weighted by molar-refractivity contribution is 5.75. The molecule has 0 aliphatic rings. The van der Waals surface area contributed by atoms with Gasteiger partial charge in [0, 0.05) is 12.5 Å². The number of carbonyl (C=O) groups excluding carboxylic acids is 1. The van der Waals surface area contributed by atoms with E-state index in [2.05, 4.69) is 5.48 Å². The maximum absolute atomic E-state index is 11.0. The Balaban J connectivity index is 3.40. The van der Waals surface area contributed by atoms with E-state index in [4.69, 9.17) is 10.6 Å². The molecule has 1 atom stereocenters. The molecule has 12 heavy (non-hydrogen) atoms. The van der Waals surface area contributed by atoms with Gasteiger partial charge in [-0.3, -0.25) is 9.63 Å². The summed E-state index contributed by atoms with van der Waals surface area (Å²) in [5.74, 6) is -0.141. The van der Waals surface area contributed by atoms with Crippen molar-refractivity contribution in [3.05, 3.63) is 0 Å². The fourth-order valence-electron chi connectivity index (χ4n) is 0.905. The lowest BCUT2D eigenvalue weighted by atomic mass is 10.1. The molecule has 4 nitrogen and oxygen atoms in total. The highest BCUT2D eigenvalue weighted by atomic mass is 16.6. The van der Waals surface area contributed by atoms with Crippen molar-refractivity contribution in [1.82, 2.24) is 5.48 Å². The largest absolute Gasteiger partial charge is 0.327 e. The van der Waals surface area contributed by atoms with Crippen molar-refractivity contribution in [2.75, 3.05) is 6.61 Å². The quantitative estimate of drug-likeness (QED) is 0.579. The van der Waals surface area contributed by atoms with Crippen molar-refractivity contribution in [3.63, 3.8) is 0 Å². The maximum atomic E-state index is 11.0. The molecule has 0 aromatic heterocycles. The van der Waals surface area contributed by atoms with E-state index in [1.165, 1.54) is 0 Å². The van der Waals surface area contributed by atoms with Gasteiger partial charge in [-0.25, -0.2) is 5.48 Å². The zero-order valence-electron chi connectivity index (χ0n) is 7.80. The minimum Gasteiger partial charge on any atom is -0.327 e. The highest BCUT2D eigenvalue weighted by Gasteiger charge is 2.07. The van der Waals surface area contributed by atoms with Crippen LogP contribution in [-0.4, -0.2) is 18.6 Å². The van der Waals surface area contributed by atoms with E-state index >= 15 is 0 Å². The third-order valence-electron chi connectivity index (χ3n) is 1.44. The first-order valence-electron chi connectivity index (χ1n) is 4.36. The summed E-state index contributed by atoms with van der Waals surface area (Å²) in [6.45, 7) is 4.33. The van der Waals surface area contributed by atoms with Crippen LogP contribution in [0.15, 0.2) is 0 Å². The Morgan fingerprint density at radius 1 is 1.58 bits per heavy atom. The lowest BCUT2D eigenvalue weighted by molar-refractivity contribution is -0.133. The van der Waals surface area contributed by atoms with Crippen LogP contribution in [0.1, 0.15) is 33.1 Å². The smallest absolute Gasteiger partial charge is 0.245 e. The minimum absolute atomic E-state index is 0.0459. The van der Waals surface area contributed by atoms with Gasteiger partial charge in [0.25, 0.3) is 0 Å². The first-order chi connectivity index (χ1) is 5.70. The van der Waals surface area contributed by atoms with Gasteiger partial charge in [0.05, 0.1) is 6.61 Å². The molecule has 4 heteroatoms. The molecule has 3 N–H and O–H groups in total. The van der Waals surface area contributed by atoms with Crippen molar-refractivity contribution >= 4 is 5.91 Å². The molecule has 1 amide bonds. The van der Waals surface area contributed by atoms with Crippen molar-refractivity contribution < 1.29 is 9.63 Å². The van der Waals surface area contributed by atoms with Crippen LogP contribution in [0.5, 0.6) is 0 Å². The number of rotatable bonds is 6. The number of amides is 1. The molecular formula is C8H18N2O2. The molecule has 0 radical (unpaired) electrons. The fourth-order valence-corrected chi connectivity index (χ4v) is 0.905. The summed E-state index contributed by atoms with van der Waals surface area (Å²) >= 11 is 0. The van der Waals surface area contributed by atoms with Crippen LogP contribution in [-0.2, 0) is 9.63 Å². The summed E-state index contributed by atoms with van der Waals surface area (Å²) in [7, 11) is 0. The van der Waals surface area contributed by atoms with Gasteiger partial charge in [-0.15, -0.1) is 0 Å². The SMILES string of the molecule is CCCC(N)CC(=O)NOCC. The number of hydrogen-bond donors (Lipinski definition) is 2. The van der Waals surface area contributed by atoms with E-state index < -0.39 is 0 Å². The molecule has 0 fully saturated rings. The topological polar surface area (TPSA) is 64.4 Å². The Kier molecular flexibility index (Phi) is 6.70. The fraction of sp³-hybridized carbons (Fsp3) is 0.875. The molecule has 0 aliphatic heterocycles. The van der Waals surface area contributed by atoms with Crippen LogP contribution in [0, 0.1) is 0 Å². The van der Waals surface area contributed by atoms with Crippen molar-refractivity contribution in [2.24, 2.45) is 5.73 Å². The molecular weight excluding hydrogens is 156 g/mol. The lowest BCUT2D eigenvalue weighted by Gasteiger charge is -2.09. The summed E-state index contributed by atoms with van der Waals surface area (Å²) in [5, 5.41) is 0. The van der Waals surface area contributed by atoms with Gasteiger partial charge in [-0.2, -0.15) is 0 Å². The number of hydroxylamine groups is 1. The van der Waals surface area contributed by atoms with E-state index in [-0.39, 0.29) is 11.9 Å². The Bertz CT molecular complexity index is 128. The third kappa shape index (κ3) is 6.12. The number of hydrogen-bond acceptors (Lipinski definition) is 3. The van der Waals surface area contributed by atoms with Crippen molar-refractivity contribution in [3.8, 4) is 0 Å². The second kappa shape index (κ2) is 7.06. The number of carbonyl (C=O) groups is 1. The maximum Gasteiger partial charge on any atom is 0.245 e. The van der Waals surface area contributed by atoms with Gasteiger partial charge in [0.15, 0.2) is 0 Å². The van der Waals surface area contributed by atoms with Crippen LogP contribution < -0.4 is 11.2 Å². The molecule has 0 saturated carbocycles. The van der Waals surface area contributed by atoms with Crippen molar-refractivity contribution in [1.29, 1.82) is 0 Å². The molecule has 0 aromatic carbocycles. The van der Waals surface area contributed by atoms with Crippen LogP contribution >= 0.6 is 0 Å². The van der Waals surface area contributed by atoms with E-state index in [0.29, 0.717) is 13.0 Å². The standard InChI is InChI=1S/C8H18N2O2/c1-3-5-7(9)6-8(11)10-12-4-2/h7H,3-6,9H2,1-2H3,(H,10,11). The second-order valence-corrected chi connectivity index (χ2v) is 2.71. The van der Waals surface area contributed by atoms with Gasteiger partial charge < -0.3 is 5.73 Å². The van der Waals surface area contributed by atoms with Crippen molar-refractivity contribution in [2.45, 2.75) is 39.2 Å². The summed E-state index contributed by atoms with van der Waals surface area (Å²) in [4.78, 5) is 15.7. The molecule has 0 heterocycles. The molecule has 0 saturated heterocycles. The van der Waals surface area contributed by atoms with Crippen LogP contribution in [0.4, 0.5) is 0 Å². The van der Waals surface area contributed by atoms with Gasteiger partial charge in [-0.05, 0) is 13.3 Å². The van der Waals surface area contributed by atoms with Gasteiger partial charge >= 0.3 is 0 Å². The third-order valence-corrected chi connectivity index (χ3v) is 1.44. The Labute approximate surface area is 73.4 Å². The molecule has 72 valence electrons.